The molecule has 0 aliphatic rings. The average molecular weight is 436 g/mol. The van der Waals surface area contributed by atoms with E-state index in [2.05, 4.69) is 4.72 Å². The summed E-state index contributed by atoms with van der Waals surface area (Å²) in [5.74, 6) is 0. The third-order valence-electron chi connectivity index (χ3n) is 4.42. The molecule has 1 atom stereocenters. The lowest BCUT2D eigenvalue weighted by Gasteiger charge is -2.18. The highest BCUT2D eigenvalue weighted by atomic mass is 32.2. The molecule has 5 nitrogen and oxygen atoms in total. The molecular weight excluding hydrogens is 414 g/mol. The van der Waals surface area contributed by atoms with Crippen molar-refractivity contribution < 1.29 is 16.8 Å². The van der Waals surface area contributed by atoms with Gasteiger partial charge < -0.3 is 0 Å². The van der Waals surface area contributed by atoms with E-state index in [0.717, 1.165) is 23.3 Å². The van der Waals surface area contributed by atoms with Gasteiger partial charge in [-0.25, -0.2) is 21.6 Å². The molecule has 0 saturated heterocycles. The Bertz CT molecular complexity index is 1110. The minimum atomic E-state index is -3.83. The van der Waals surface area contributed by atoms with Crippen molar-refractivity contribution in [3.05, 3.63) is 83.2 Å². The minimum Gasteiger partial charge on any atom is -0.222 e. The molecule has 1 heterocycles. The quantitative estimate of drug-likeness (QED) is 0.584. The molecule has 0 saturated carbocycles. The molecule has 28 heavy (non-hydrogen) atoms. The van der Waals surface area contributed by atoms with Gasteiger partial charge in [0.1, 0.15) is 9.46 Å². The zero-order chi connectivity index (χ0) is 20.2. The summed E-state index contributed by atoms with van der Waals surface area (Å²) in [5.41, 5.74) is 1.57. The third-order valence-corrected chi connectivity index (χ3v) is 9.39. The topological polar surface area (TPSA) is 80.3 Å². The Morgan fingerprint density at radius 2 is 1.57 bits per heavy atom. The van der Waals surface area contributed by atoms with Crippen molar-refractivity contribution in [2.45, 2.75) is 27.7 Å². The van der Waals surface area contributed by atoms with E-state index in [1.165, 1.54) is 18.2 Å². The van der Waals surface area contributed by atoms with E-state index in [1.807, 2.05) is 6.92 Å². The Hall–Kier alpha value is -2.00. The number of rotatable bonds is 8. The van der Waals surface area contributed by atoms with E-state index >= 15 is 0 Å². The van der Waals surface area contributed by atoms with Gasteiger partial charge >= 0.3 is 0 Å². The van der Waals surface area contributed by atoms with Crippen LogP contribution < -0.4 is 4.72 Å². The van der Waals surface area contributed by atoms with Gasteiger partial charge in [-0.3, -0.25) is 0 Å². The molecule has 2 aromatic carbocycles. The highest BCUT2D eigenvalue weighted by molar-refractivity contribution is 7.93. The highest BCUT2D eigenvalue weighted by Gasteiger charge is 2.31. The fourth-order valence-corrected chi connectivity index (χ4v) is 6.83. The van der Waals surface area contributed by atoms with E-state index < -0.39 is 25.1 Å². The number of sulfone groups is 1. The van der Waals surface area contributed by atoms with E-state index in [0.29, 0.717) is 5.56 Å². The third kappa shape index (κ3) is 4.52. The second-order valence-corrected chi connectivity index (χ2v) is 11.3. The standard InChI is InChI=1S/C20H21NO4S3/c1-2-16-10-12-18(13-11-16)28(24,25)21-15-19(17-7-4-3-5-8-17)27(22,23)20-9-6-14-26-20/h3-14,19,21H,2,15H2,1H3. The van der Waals surface area contributed by atoms with E-state index in [1.54, 1.807) is 53.9 Å². The van der Waals surface area contributed by atoms with Crippen molar-refractivity contribution in [1.29, 1.82) is 0 Å². The Morgan fingerprint density at radius 1 is 0.893 bits per heavy atom. The Morgan fingerprint density at radius 3 is 2.14 bits per heavy atom. The second kappa shape index (κ2) is 8.57. The number of sulfonamides is 1. The van der Waals surface area contributed by atoms with E-state index in [4.69, 9.17) is 0 Å². The molecule has 0 spiro atoms. The molecule has 0 radical (unpaired) electrons. The SMILES string of the molecule is CCc1ccc(S(=O)(=O)NCC(c2ccccc2)S(=O)(=O)c2cccs2)cc1. The Balaban J connectivity index is 1.90. The molecule has 0 aliphatic heterocycles. The first-order chi connectivity index (χ1) is 13.3. The molecular formula is C20H21NO4S3. The first-order valence-electron chi connectivity index (χ1n) is 8.75. The van der Waals surface area contributed by atoms with Crippen LogP contribution in [0.25, 0.3) is 0 Å². The fourth-order valence-electron chi connectivity index (χ4n) is 2.81. The lowest BCUT2D eigenvalue weighted by Crippen LogP contribution is -2.31. The molecule has 1 aromatic heterocycles. The van der Waals surface area contributed by atoms with Crippen LogP contribution in [0.15, 0.2) is 81.2 Å². The van der Waals surface area contributed by atoms with E-state index in [9.17, 15) is 16.8 Å². The van der Waals surface area contributed by atoms with Gasteiger partial charge in [-0.1, -0.05) is 55.5 Å². The normalized spacial score (nSPS) is 13.3. The molecule has 0 aliphatic carbocycles. The Kier molecular flexibility index (Phi) is 6.34. The van der Waals surface area contributed by atoms with Crippen LogP contribution in [-0.2, 0) is 26.3 Å². The van der Waals surface area contributed by atoms with E-state index in [-0.39, 0.29) is 15.6 Å². The first-order valence-corrected chi connectivity index (χ1v) is 12.7. The van der Waals surface area contributed by atoms with Crippen molar-refractivity contribution in [2.75, 3.05) is 6.54 Å². The van der Waals surface area contributed by atoms with Gasteiger partial charge in [-0.05, 0) is 41.1 Å². The van der Waals surface area contributed by atoms with Gasteiger partial charge in [0.25, 0.3) is 0 Å². The van der Waals surface area contributed by atoms with Crippen molar-refractivity contribution in [2.24, 2.45) is 0 Å². The molecule has 3 aromatic rings. The summed E-state index contributed by atoms with van der Waals surface area (Å²) in [7, 11) is -7.56. The van der Waals surface area contributed by atoms with Crippen LogP contribution in [0.4, 0.5) is 0 Å². The monoisotopic (exact) mass is 435 g/mol. The number of nitrogens with one attached hydrogen (secondary N) is 1. The maximum Gasteiger partial charge on any atom is 0.240 e. The zero-order valence-corrected chi connectivity index (χ0v) is 17.7. The summed E-state index contributed by atoms with van der Waals surface area (Å²) in [6.45, 7) is 1.74. The summed E-state index contributed by atoms with van der Waals surface area (Å²) in [5, 5.41) is 0.672. The number of aryl methyl sites for hydroxylation is 1. The zero-order valence-electron chi connectivity index (χ0n) is 15.3. The molecule has 0 bridgehead atoms. The largest absolute Gasteiger partial charge is 0.240 e. The molecule has 1 N–H and O–H groups in total. The number of hydrogen-bond acceptors (Lipinski definition) is 5. The van der Waals surface area contributed by atoms with Gasteiger partial charge in [-0.15, -0.1) is 11.3 Å². The van der Waals surface area contributed by atoms with Crippen molar-refractivity contribution in [3.63, 3.8) is 0 Å². The van der Waals surface area contributed by atoms with Gasteiger partial charge in [0.05, 0.1) is 4.90 Å². The van der Waals surface area contributed by atoms with Crippen LogP contribution in [-0.4, -0.2) is 23.4 Å². The highest BCUT2D eigenvalue weighted by Crippen LogP contribution is 2.31. The lowest BCUT2D eigenvalue weighted by molar-refractivity contribution is 0.570. The first kappa shape index (κ1) is 20.7. The van der Waals surface area contributed by atoms with Crippen LogP contribution in [0.3, 0.4) is 0 Å². The summed E-state index contributed by atoms with van der Waals surface area (Å²) in [6.07, 6.45) is 0.808. The van der Waals surface area contributed by atoms with Crippen LogP contribution in [0.2, 0.25) is 0 Å². The number of benzene rings is 2. The molecule has 0 fully saturated rings. The second-order valence-electron chi connectivity index (χ2n) is 6.23. The van der Waals surface area contributed by atoms with Gasteiger partial charge in [0.15, 0.2) is 9.84 Å². The van der Waals surface area contributed by atoms with Crippen molar-refractivity contribution in [1.82, 2.24) is 4.72 Å². The van der Waals surface area contributed by atoms with Gasteiger partial charge in [-0.2, -0.15) is 0 Å². The van der Waals surface area contributed by atoms with Crippen LogP contribution >= 0.6 is 11.3 Å². The molecule has 0 amide bonds. The summed E-state index contributed by atoms with van der Waals surface area (Å²) >= 11 is 1.12. The predicted molar refractivity (Wildman–Crippen MR) is 112 cm³/mol. The number of thiophene rings is 1. The summed E-state index contributed by atoms with van der Waals surface area (Å²) in [6, 6.07) is 18.4. The minimum absolute atomic E-state index is 0.116. The van der Waals surface area contributed by atoms with Crippen molar-refractivity contribution >= 4 is 31.2 Å². The lowest BCUT2D eigenvalue weighted by atomic mass is 10.1. The smallest absolute Gasteiger partial charge is 0.222 e. The maximum absolute atomic E-state index is 13.1. The molecule has 3 rings (SSSR count). The molecule has 148 valence electrons. The van der Waals surface area contributed by atoms with Crippen LogP contribution in [0.5, 0.6) is 0 Å². The Labute approximate surface area is 170 Å². The summed E-state index contributed by atoms with van der Waals surface area (Å²) < 4.78 is 54.3. The van der Waals surface area contributed by atoms with Gasteiger partial charge in [0.2, 0.25) is 10.0 Å². The van der Waals surface area contributed by atoms with Crippen molar-refractivity contribution in [3.8, 4) is 0 Å². The summed E-state index contributed by atoms with van der Waals surface area (Å²) in [4.78, 5) is 0.116. The molecule has 1 unspecified atom stereocenters. The average Bonchev–Trinajstić information content (AvgIpc) is 3.24. The molecule has 8 heteroatoms. The number of hydrogen-bond donors (Lipinski definition) is 1. The van der Waals surface area contributed by atoms with Crippen LogP contribution in [0, 0.1) is 0 Å². The maximum atomic E-state index is 13.1. The van der Waals surface area contributed by atoms with Gasteiger partial charge in [0, 0.05) is 6.54 Å². The fraction of sp³-hybridized carbons (Fsp3) is 0.200. The van der Waals surface area contributed by atoms with Crippen LogP contribution in [0.1, 0.15) is 23.3 Å². The predicted octanol–water partition coefficient (Wildman–Crippen LogP) is 3.80.